The van der Waals surface area contributed by atoms with Crippen LogP contribution in [0.15, 0.2) is 52.0 Å². The maximum atomic E-state index is 14.0. The van der Waals surface area contributed by atoms with Gasteiger partial charge >= 0.3 is 0 Å². The van der Waals surface area contributed by atoms with E-state index < -0.39 is 15.8 Å². The van der Waals surface area contributed by atoms with Crippen LogP contribution in [-0.2, 0) is 14.8 Å². The van der Waals surface area contributed by atoms with E-state index in [4.69, 9.17) is 9.15 Å². The van der Waals surface area contributed by atoms with Gasteiger partial charge in [0.15, 0.2) is 11.6 Å². The number of hydrogen-bond donors (Lipinski definition) is 1. The Balaban J connectivity index is 1.49. The van der Waals surface area contributed by atoms with Crippen molar-refractivity contribution in [3.8, 4) is 5.75 Å². The fourth-order valence-corrected chi connectivity index (χ4v) is 4.36. The van der Waals surface area contributed by atoms with Crippen molar-refractivity contribution in [1.82, 2.24) is 9.62 Å². The van der Waals surface area contributed by atoms with Gasteiger partial charge in [0.1, 0.15) is 5.76 Å². The molecule has 2 heterocycles. The van der Waals surface area contributed by atoms with Crippen molar-refractivity contribution in [3.63, 3.8) is 0 Å². The Morgan fingerprint density at radius 3 is 2.73 bits per heavy atom. The number of likely N-dealkylation sites (tertiary alicyclic amines) is 1. The largest absolute Gasteiger partial charge is 0.491 e. The fraction of sp³-hybridized carbons (Fsp3) is 0.381. The summed E-state index contributed by atoms with van der Waals surface area (Å²) in [6.07, 6.45) is 6.00. The Morgan fingerprint density at radius 1 is 1.33 bits per heavy atom. The van der Waals surface area contributed by atoms with Crippen LogP contribution in [0.3, 0.4) is 0 Å². The zero-order chi connectivity index (χ0) is 21.6. The second-order valence-corrected chi connectivity index (χ2v) is 8.76. The monoisotopic (exact) mass is 436 g/mol. The van der Waals surface area contributed by atoms with E-state index in [1.165, 1.54) is 18.2 Å². The van der Waals surface area contributed by atoms with Gasteiger partial charge in [0, 0.05) is 25.7 Å². The number of rotatable bonds is 8. The highest BCUT2D eigenvalue weighted by Gasteiger charge is 2.24. The van der Waals surface area contributed by atoms with Gasteiger partial charge in [0.25, 0.3) is 0 Å². The molecule has 1 fully saturated rings. The summed E-state index contributed by atoms with van der Waals surface area (Å²) >= 11 is 0. The summed E-state index contributed by atoms with van der Waals surface area (Å²) in [6.45, 7) is 3.35. The van der Waals surface area contributed by atoms with E-state index in [9.17, 15) is 17.6 Å². The molecule has 0 aliphatic carbocycles. The zero-order valence-corrected chi connectivity index (χ0v) is 17.5. The minimum atomic E-state index is -3.83. The van der Waals surface area contributed by atoms with Crippen molar-refractivity contribution in [2.45, 2.75) is 24.7 Å². The van der Waals surface area contributed by atoms with Crippen LogP contribution in [0, 0.1) is 11.7 Å². The van der Waals surface area contributed by atoms with Gasteiger partial charge in [-0.2, -0.15) is 0 Å². The van der Waals surface area contributed by atoms with E-state index in [1.807, 2.05) is 0 Å². The highest BCUT2D eigenvalue weighted by Crippen LogP contribution is 2.22. The average molecular weight is 437 g/mol. The van der Waals surface area contributed by atoms with Crippen molar-refractivity contribution < 1.29 is 26.8 Å². The smallest absolute Gasteiger partial charge is 0.246 e. The van der Waals surface area contributed by atoms with Crippen LogP contribution < -0.4 is 9.46 Å². The number of carbonyl (C=O) groups excluding carboxylic acids is 1. The highest BCUT2D eigenvalue weighted by molar-refractivity contribution is 7.89. The summed E-state index contributed by atoms with van der Waals surface area (Å²) in [7, 11) is -3.83. The minimum absolute atomic E-state index is 0.0228. The van der Waals surface area contributed by atoms with Gasteiger partial charge in [-0.25, -0.2) is 17.5 Å². The molecule has 0 radical (unpaired) electrons. The average Bonchev–Trinajstić information content (AvgIpc) is 3.26. The van der Waals surface area contributed by atoms with Gasteiger partial charge in [-0.1, -0.05) is 0 Å². The van der Waals surface area contributed by atoms with E-state index in [-0.39, 0.29) is 29.0 Å². The molecule has 0 saturated carbocycles. The number of carbonyl (C=O) groups is 1. The summed E-state index contributed by atoms with van der Waals surface area (Å²) in [5, 5.41) is 0. The predicted molar refractivity (Wildman–Crippen MR) is 110 cm³/mol. The van der Waals surface area contributed by atoms with Gasteiger partial charge < -0.3 is 14.1 Å². The molecule has 9 heteroatoms. The van der Waals surface area contributed by atoms with E-state index in [2.05, 4.69) is 4.72 Å². The SMILES string of the molecule is CCOc1ccc(S(=O)(=O)NCC2CCN(C(=O)/C=C/c3ccco3)CC2)cc1F. The second kappa shape index (κ2) is 9.90. The first-order valence-electron chi connectivity index (χ1n) is 9.81. The summed E-state index contributed by atoms with van der Waals surface area (Å²) in [5.41, 5.74) is 0. The number of nitrogens with zero attached hydrogens (tertiary/aromatic N) is 1. The number of sulfonamides is 1. The fourth-order valence-electron chi connectivity index (χ4n) is 3.23. The number of furan rings is 1. The molecule has 7 nitrogen and oxygen atoms in total. The molecule has 0 atom stereocenters. The first-order valence-corrected chi connectivity index (χ1v) is 11.3. The number of ether oxygens (including phenoxy) is 1. The molecule has 1 aliphatic rings. The lowest BCUT2D eigenvalue weighted by atomic mass is 9.97. The quantitative estimate of drug-likeness (QED) is 0.643. The van der Waals surface area contributed by atoms with Crippen LogP contribution in [0.1, 0.15) is 25.5 Å². The number of nitrogens with one attached hydrogen (secondary N) is 1. The summed E-state index contributed by atoms with van der Waals surface area (Å²) < 4.78 is 51.7. The van der Waals surface area contributed by atoms with Gasteiger partial charge in [-0.3, -0.25) is 4.79 Å². The van der Waals surface area contributed by atoms with E-state index in [1.54, 1.807) is 36.3 Å². The molecule has 1 aromatic heterocycles. The Kier molecular flexibility index (Phi) is 7.28. The molecular weight excluding hydrogens is 411 g/mol. The minimum Gasteiger partial charge on any atom is -0.491 e. The first-order chi connectivity index (χ1) is 14.4. The highest BCUT2D eigenvalue weighted by atomic mass is 32.2. The Labute approximate surface area is 175 Å². The Hall–Kier alpha value is -2.65. The molecule has 1 aromatic carbocycles. The number of hydrogen-bond acceptors (Lipinski definition) is 5. The second-order valence-electron chi connectivity index (χ2n) is 6.99. The normalized spacial score (nSPS) is 15.6. The van der Waals surface area contributed by atoms with Gasteiger partial charge in [-0.15, -0.1) is 0 Å². The molecule has 1 aliphatic heterocycles. The lowest BCUT2D eigenvalue weighted by molar-refractivity contribution is -0.127. The number of amides is 1. The van der Waals surface area contributed by atoms with E-state index >= 15 is 0 Å². The Bertz CT molecular complexity index is 981. The molecule has 0 spiro atoms. The van der Waals surface area contributed by atoms with Crippen LogP contribution in [0.25, 0.3) is 6.08 Å². The molecule has 0 unspecified atom stereocenters. The number of benzene rings is 1. The number of halogens is 1. The van der Waals surface area contributed by atoms with Crippen LogP contribution in [0.4, 0.5) is 4.39 Å². The molecule has 30 heavy (non-hydrogen) atoms. The third-order valence-electron chi connectivity index (χ3n) is 4.94. The van der Waals surface area contributed by atoms with Crippen LogP contribution in [0.5, 0.6) is 5.75 Å². The predicted octanol–water partition coefficient (Wildman–Crippen LogP) is 3.05. The molecule has 2 aromatic rings. The molecule has 3 rings (SSSR count). The van der Waals surface area contributed by atoms with Crippen molar-refractivity contribution in [2.24, 2.45) is 5.92 Å². The Morgan fingerprint density at radius 2 is 2.10 bits per heavy atom. The molecule has 0 bridgehead atoms. The summed E-state index contributed by atoms with van der Waals surface area (Å²) in [4.78, 5) is 13.8. The van der Waals surface area contributed by atoms with Crippen LogP contribution >= 0.6 is 0 Å². The zero-order valence-electron chi connectivity index (χ0n) is 16.7. The summed E-state index contributed by atoms with van der Waals surface area (Å²) in [5.74, 6) is -0.0807. The molecular formula is C21H25FN2O5S. The van der Waals surface area contributed by atoms with Crippen molar-refractivity contribution in [1.29, 1.82) is 0 Å². The number of piperidine rings is 1. The standard InChI is InChI=1S/C21H25FN2O5S/c1-2-28-20-7-6-18(14-19(20)22)30(26,27)23-15-16-9-11-24(12-10-16)21(25)8-5-17-4-3-13-29-17/h3-8,13-14,16,23H,2,9-12,15H2,1H3/b8-5+. The molecule has 1 N–H and O–H groups in total. The maximum Gasteiger partial charge on any atom is 0.246 e. The maximum absolute atomic E-state index is 14.0. The summed E-state index contributed by atoms with van der Waals surface area (Å²) in [6, 6.07) is 7.10. The van der Waals surface area contributed by atoms with Crippen molar-refractivity contribution in [2.75, 3.05) is 26.2 Å². The first kappa shape index (κ1) is 22.0. The molecule has 1 saturated heterocycles. The van der Waals surface area contributed by atoms with Crippen LogP contribution in [-0.4, -0.2) is 45.5 Å². The van der Waals surface area contributed by atoms with Gasteiger partial charge in [0.05, 0.1) is 17.8 Å². The van der Waals surface area contributed by atoms with Gasteiger partial charge in [-0.05, 0) is 62.1 Å². The lowest BCUT2D eigenvalue weighted by Crippen LogP contribution is -2.40. The lowest BCUT2D eigenvalue weighted by Gasteiger charge is -2.31. The van der Waals surface area contributed by atoms with Crippen molar-refractivity contribution >= 4 is 22.0 Å². The topological polar surface area (TPSA) is 88.9 Å². The third kappa shape index (κ3) is 5.70. The van der Waals surface area contributed by atoms with Crippen molar-refractivity contribution in [3.05, 3.63) is 54.2 Å². The van der Waals surface area contributed by atoms with E-state index in [0.29, 0.717) is 38.3 Å². The van der Waals surface area contributed by atoms with Gasteiger partial charge in [0.2, 0.25) is 15.9 Å². The third-order valence-corrected chi connectivity index (χ3v) is 6.36. The van der Waals surface area contributed by atoms with E-state index in [0.717, 1.165) is 6.07 Å². The van der Waals surface area contributed by atoms with Crippen LogP contribution in [0.2, 0.25) is 0 Å². The molecule has 162 valence electrons. The molecule has 1 amide bonds.